The molecule has 1 N–H and O–H groups in total. The molecule has 0 bridgehead atoms. The third kappa shape index (κ3) is 4.70. The number of rotatable bonds is 6. The van der Waals surface area contributed by atoms with E-state index in [0.29, 0.717) is 22.9 Å². The quantitative estimate of drug-likeness (QED) is 0.363. The molecule has 0 unspecified atom stereocenters. The van der Waals surface area contributed by atoms with Gasteiger partial charge in [0.15, 0.2) is 0 Å². The van der Waals surface area contributed by atoms with Crippen molar-refractivity contribution in [3.63, 3.8) is 0 Å². The van der Waals surface area contributed by atoms with Gasteiger partial charge in [-0.15, -0.1) is 11.3 Å². The van der Waals surface area contributed by atoms with E-state index in [1.54, 1.807) is 35.6 Å². The van der Waals surface area contributed by atoms with E-state index in [0.717, 1.165) is 27.6 Å². The van der Waals surface area contributed by atoms with Gasteiger partial charge in [-0.2, -0.15) is 0 Å². The van der Waals surface area contributed by atoms with Gasteiger partial charge in [0.2, 0.25) is 0 Å². The SMILES string of the molecule is CCOc1ccc(C(=O)Nc2cccc(-c3csc(-c4ccc(Cl)cc4)n3)c2)cc1. The lowest BCUT2D eigenvalue weighted by molar-refractivity contribution is 0.102. The smallest absolute Gasteiger partial charge is 0.255 e. The minimum atomic E-state index is -0.171. The fourth-order valence-electron chi connectivity index (χ4n) is 2.96. The molecule has 0 radical (unpaired) electrons. The number of ether oxygens (including phenoxy) is 1. The number of carbonyl (C=O) groups is 1. The summed E-state index contributed by atoms with van der Waals surface area (Å²) in [6, 6.07) is 22.4. The molecule has 0 saturated heterocycles. The largest absolute Gasteiger partial charge is 0.494 e. The molecule has 1 amide bonds. The number of hydrogen-bond donors (Lipinski definition) is 1. The first kappa shape index (κ1) is 20.1. The van der Waals surface area contributed by atoms with Crippen molar-refractivity contribution in [1.29, 1.82) is 0 Å². The Bertz CT molecular complexity index is 1150. The van der Waals surface area contributed by atoms with Gasteiger partial charge < -0.3 is 10.1 Å². The number of anilines is 1. The van der Waals surface area contributed by atoms with E-state index >= 15 is 0 Å². The highest BCUT2D eigenvalue weighted by atomic mass is 35.5. The van der Waals surface area contributed by atoms with Gasteiger partial charge >= 0.3 is 0 Å². The van der Waals surface area contributed by atoms with Crippen LogP contribution in [0.4, 0.5) is 5.69 Å². The van der Waals surface area contributed by atoms with Crippen LogP contribution in [0, 0.1) is 0 Å². The summed E-state index contributed by atoms with van der Waals surface area (Å²) in [5, 5.41) is 6.58. The Morgan fingerprint density at radius 2 is 1.80 bits per heavy atom. The number of aromatic nitrogens is 1. The first-order valence-electron chi connectivity index (χ1n) is 9.48. The van der Waals surface area contributed by atoms with Crippen molar-refractivity contribution < 1.29 is 9.53 Å². The minimum Gasteiger partial charge on any atom is -0.494 e. The molecule has 6 heteroatoms. The average Bonchev–Trinajstić information content (AvgIpc) is 3.25. The minimum absolute atomic E-state index is 0.171. The molecule has 0 aliphatic carbocycles. The van der Waals surface area contributed by atoms with E-state index in [1.165, 1.54) is 0 Å². The summed E-state index contributed by atoms with van der Waals surface area (Å²) in [5.74, 6) is 0.575. The number of halogens is 1. The molecule has 3 aromatic carbocycles. The molecule has 4 rings (SSSR count). The number of nitrogens with zero attached hydrogens (tertiary/aromatic N) is 1. The van der Waals surface area contributed by atoms with Crippen LogP contribution in [0.25, 0.3) is 21.8 Å². The van der Waals surface area contributed by atoms with E-state index in [9.17, 15) is 4.79 Å². The molecule has 0 atom stereocenters. The Labute approximate surface area is 184 Å². The fourth-order valence-corrected chi connectivity index (χ4v) is 3.92. The molecule has 0 aliphatic rings. The van der Waals surface area contributed by atoms with Crippen molar-refractivity contribution in [3.05, 3.63) is 88.8 Å². The zero-order valence-electron chi connectivity index (χ0n) is 16.3. The summed E-state index contributed by atoms with van der Waals surface area (Å²) < 4.78 is 5.42. The Kier molecular flexibility index (Phi) is 6.12. The van der Waals surface area contributed by atoms with Crippen LogP contribution in [-0.2, 0) is 0 Å². The standard InChI is InChI=1S/C24H19ClN2O2S/c1-2-29-21-12-8-16(9-13-21)23(28)26-20-5-3-4-18(14-20)22-15-30-24(27-22)17-6-10-19(25)11-7-17/h3-15H,2H2,1H3,(H,26,28). The predicted molar refractivity (Wildman–Crippen MR) is 124 cm³/mol. The van der Waals surface area contributed by atoms with Crippen molar-refractivity contribution in [3.8, 4) is 27.6 Å². The molecular weight excluding hydrogens is 416 g/mol. The third-order valence-electron chi connectivity index (χ3n) is 4.44. The average molecular weight is 435 g/mol. The summed E-state index contributed by atoms with van der Waals surface area (Å²) >= 11 is 7.54. The highest BCUT2D eigenvalue weighted by Gasteiger charge is 2.10. The molecule has 0 aliphatic heterocycles. The maximum atomic E-state index is 12.6. The number of carbonyl (C=O) groups excluding carboxylic acids is 1. The Balaban J connectivity index is 1.50. The van der Waals surface area contributed by atoms with Crippen molar-refractivity contribution >= 4 is 34.5 Å². The van der Waals surface area contributed by atoms with Gasteiger partial charge in [0.25, 0.3) is 5.91 Å². The zero-order valence-corrected chi connectivity index (χ0v) is 17.8. The van der Waals surface area contributed by atoms with E-state index < -0.39 is 0 Å². The zero-order chi connectivity index (χ0) is 20.9. The maximum absolute atomic E-state index is 12.6. The Morgan fingerprint density at radius 1 is 1.03 bits per heavy atom. The van der Waals surface area contributed by atoms with Gasteiger partial charge in [-0.05, 0) is 55.5 Å². The number of nitrogens with one attached hydrogen (secondary N) is 1. The number of thiazole rings is 1. The maximum Gasteiger partial charge on any atom is 0.255 e. The molecule has 4 aromatic rings. The van der Waals surface area contributed by atoms with Gasteiger partial charge in [-0.3, -0.25) is 4.79 Å². The summed E-state index contributed by atoms with van der Waals surface area (Å²) in [7, 11) is 0. The van der Waals surface area contributed by atoms with Crippen molar-refractivity contribution in [2.45, 2.75) is 6.92 Å². The third-order valence-corrected chi connectivity index (χ3v) is 5.58. The number of hydrogen-bond acceptors (Lipinski definition) is 4. The van der Waals surface area contributed by atoms with Gasteiger partial charge in [0.1, 0.15) is 10.8 Å². The molecule has 0 fully saturated rings. The lowest BCUT2D eigenvalue weighted by Crippen LogP contribution is -2.11. The van der Waals surface area contributed by atoms with Crippen LogP contribution in [0.5, 0.6) is 5.75 Å². The second-order valence-electron chi connectivity index (χ2n) is 6.54. The van der Waals surface area contributed by atoms with Crippen LogP contribution >= 0.6 is 22.9 Å². The van der Waals surface area contributed by atoms with E-state index in [-0.39, 0.29) is 5.91 Å². The van der Waals surface area contributed by atoms with Gasteiger partial charge in [0, 0.05) is 32.8 Å². The molecule has 4 nitrogen and oxygen atoms in total. The first-order chi connectivity index (χ1) is 14.6. The van der Waals surface area contributed by atoms with Crippen molar-refractivity contribution in [2.24, 2.45) is 0 Å². The topological polar surface area (TPSA) is 51.2 Å². The highest BCUT2D eigenvalue weighted by Crippen LogP contribution is 2.30. The number of benzene rings is 3. The highest BCUT2D eigenvalue weighted by molar-refractivity contribution is 7.13. The molecule has 150 valence electrons. The van der Waals surface area contributed by atoms with Crippen LogP contribution < -0.4 is 10.1 Å². The fraction of sp³-hybridized carbons (Fsp3) is 0.0833. The summed E-state index contributed by atoms with van der Waals surface area (Å²) in [6.07, 6.45) is 0. The second kappa shape index (κ2) is 9.11. The van der Waals surface area contributed by atoms with Crippen LogP contribution in [0.2, 0.25) is 5.02 Å². The Morgan fingerprint density at radius 3 is 2.53 bits per heavy atom. The lowest BCUT2D eigenvalue weighted by Gasteiger charge is -2.08. The first-order valence-corrected chi connectivity index (χ1v) is 10.7. The van der Waals surface area contributed by atoms with Gasteiger partial charge in [-0.1, -0.05) is 35.9 Å². The predicted octanol–water partition coefficient (Wildman–Crippen LogP) is 6.78. The van der Waals surface area contributed by atoms with E-state index in [4.69, 9.17) is 21.3 Å². The molecular formula is C24H19ClN2O2S. The summed E-state index contributed by atoms with van der Waals surface area (Å²) in [4.78, 5) is 17.3. The van der Waals surface area contributed by atoms with Crippen molar-refractivity contribution in [2.75, 3.05) is 11.9 Å². The molecule has 1 aromatic heterocycles. The van der Waals surface area contributed by atoms with E-state index in [2.05, 4.69) is 5.32 Å². The Hall–Kier alpha value is -3.15. The van der Waals surface area contributed by atoms with Crippen LogP contribution in [0.15, 0.2) is 78.2 Å². The molecule has 1 heterocycles. The van der Waals surface area contributed by atoms with Crippen LogP contribution in [0.3, 0.4) is 0 Å². The summed E-state index contributed by atoms with van der Waals surface area (Å²) in [6.45, 7) is 2.52. The molecule has 0 spiro atoms. The van der Waals surface area contributed by atoms with Gasteiger partial charge in [0.05, 0.1) is 12.3 Å². The molecule has 30 heavy (non-hydrogen) atoms. The van der Waals surface area contributed by atoms with Crippen molar-refractivity contribution in [1.82, 2.24) is 4.98 Å². The van der Waals surface area contributed by atoms with Crippen LogP contribution in [0.1, 0.15) is 17.3 Å². The lowest BCUT2D eigenvalue weighted by atomic mass is 10.1. The normalized spacial score (nSPS) is 10.6. The van der Waals surface area contributed by atoms with E-state index in [1.807, 2.05) is 60.8 Å². The second-order valence-corrected chi connectivity index (χ2v) is 7.83. The monoisotopic (exact) mass is 434 g/mol. The summed E-state index contributed by atoms with van der Waals surface area (Å²) in [5.41, 5.74) is 4.11. The number of amides is 1. The molecule has 0 saturated carbocycles. The van der Waals surface area contributed by atoms with Gasteiger partial charge in [-0.25, -0.2) is 4.98 Å². The van der Waals surface area contributed by atoms with Crippen LogP contribution in [-0.4, -0.2) is 17.5 Å².